The Bertz CT molecular complexity index is 264. The number of nitrogens with zero attached hydrogens (tertiary/aromatic N) is 2. The molecule has 0 fully saturated rings. The number of hydrogen-bond donors (Lipinski definition) is 0. The van der Waals surface area contributed by atoms with Gasteiger partial charge in [0, 0.05) is 23.9 Å². The van der Waals surface area contributed by atoms with Gasteiger partial charge in [-0.15, -0.1) is 0 Å². The molecule has 0 N–H and O–H groups in total. The van der Waals surface area contributed by atoms with Crippen molar-refractivity contribution in [2.75, 3.05) is 14.1 Å². The van der Waals surface area contributed by atoms with Gasteiger partial charge in [-0.1, -0.05) is 6.58 Å². The van der Waals surface area contributed by atoms with Crippen molar-refractivity contribution in [2.45, 2.75) is 6.92 Å². The first kappa shape index (κ1) is 9.80. The summed E-state index contributed by atoms with van der Waals surface area (Å²) in [7, 11) is 4.01. The second-order valence-electron chi connectivity index (χ2n) is 3.00. The van der Waals surface area contributed by atoms with Gasteiger partial charge in [0.05, 0.1) is 5.70 Å². The largest absolute Gasteiger partial charge is 0.281 e. The third-order valence-corrected chi connectivity index (χ3v) is 2.60. The molecule has 0 bridgehead atoms. The minimum atomic E-state index is 1.03. The van der Waals surface area contributed by atoms with Gasteiger partial charge in [-0.2, -0.15) is 0 Å². The van der Waals surface area contributed by atoms with Crippen LogP contribution in [-0.4, -0.2) is 24.1 Å². The second kappa shape index (κ2) is 3.62. The third-order valence-electron chi connectivity index (χ3n) is 1.66. The molecule has 0 aliphatic carbocycles. The van der Waals surface area contributed by atoms with E-state index < -0.39 is 0 Å². The Kier molecular flexibility index (Phi) is 2.95. The third kappa shape index (κ3) is 1.90. The minimum absolute atomic E-state index is 1.03. The summed E-state index contributed by atoms with van der Waals surface area (Å²) in [4.78, 5) is 0. The first-order valence-corrected chi connectivity index (χ1v) is 4.81. The smallest absolute Gasteiger partial charge is 0.0634 e. The predicted molar refractivity (Wildman–Crippen MR) is 60.5 cm³/mol. The highest BCUT2D eigenvalue weighted by atomic mass is 127. The Morgan fingerprint density at radius 3 is 2.58 bits per heavy atom. The fraction of sp³-hybridized carbons (Fsp3) is 0.333. The number of allylic oxidation sites excluding steroid dienone is 3. The van der Waals surface area contributed by atoms with Crippen molar-refractivity contribution in [3.05, 3.63) is 33.7 Å². The van der Waals surface area contributed by atoms with Crippen molar-refractivity contribution in [1.82, 2.24) is 10.0 Å². The molecule has 0 unspecified atom stereocenters. The van der Waals surface area contributed by atoms with Gasteiger partial charge < -0.3 is 0 Å². The summed E-state index contributed by atoms with van der Waals surface area (Å²) < 4.78 is 1.20. The monoisotopic (exact) mass is 276 g/mol. The molecule has 1 aliphatic heterocycles. The number of hydrazine groups is 1. The molecule has 0 amide bonds. The van der Waals surface area contributed by atoms with Crippen LogP contribution in [0.4, 0.5) is 0 Å². The van der Waals surface area contributed by atoms with Gasteiger partial charge in [0.25, 0.3) is 0 Å². The highest BCUT2D eigenvalue weighted by Crippen LogP contribution is 2.27. The lowest BCUT2D eigenvalue weighted by Crippen LogP contribution is -2.32. The Hall–Kier alpha value is -0.290. The van der Waals surface area contributed by atoms with Gasteiger partial charge in [-0.25, -0.2) is 5.01 Å². The second-order valence-corrected chi connectivity index (χ2v) is 4.17. The lowest BCUT2D eigenvalue weighted by atomic mass is 10.2. The number of rotatable bonds is 1. The zero-order valence-electron chi connectivity index (χ0n) is 7.63. The quantitative estimate of drug-likeness (QED) is 0.679. The maximum Gasteiger partial charge on any atom is 0.0634 e. The lowest BCUT2D eigenvalue weighted by molar-refractivity contribution is 0.128. The van der Waals surface area contributed by atoms with Crippen LogP contribution in [0.15, 0.2) is 33.7 Å². The van der Waals surface area contributed by atoms with Crippen molar-refractivity contribution < 1.29 is 0 Å². The molecule has 1 heterocycles. The van der Waals surface area contributed by atoms with Crippen molar-refractivity contribution >= 4 is 22.6 Å². The van der Waals surface area contributed by atoms with E-state index in [9.17, 15) is 0 Å². The fourth-order valence-electron chi connectivity index (χ4n) is 1.06. The first-order chi connectivity index (χ1) is 5.52. The van der Waals surface area contributed by atoms with Crippen molar-refractivity contribution in [3.63, 3.8) is 0 Å². The molecule has 12 heavy (non-hydrogen) atoms. The molecule has 0 atom stereocenters. The Labute approximate surface area is 87.3 Å². The molecular weight excluding hydrogens is 263 g/mol. The van der Waals surface area contributed by atoms with E-state index in [1.54, 1.807) is 0 Å². The van der Waals surface area contributed by atoms with Crippen molar-refractivity contribution in [3.8, 4) is 0 Å². The average Bonchev–Trinajstić information content (AvgIpc) is 1.96. The molecule has 0 saturated carbocycles. The summed E-state index contributed by atoms with van der Waals surface area (Å²) in [6.45, 7) is 6.08. The van der Waals surface area contributed by atoms with Gasteiger partial charge in [0.1, 0.15) is 0 Å². The zero-order valence-corrected chi connectivity index (χ0v) is 9.79. The normalized spacial score (nSPS) is 18.1. The Balaban J connectivity index is 2.94. The Morgan fingerprint density at radius 1 is 1.50 bits per heavy atom. The van der Waals surface area contributed by atoms with E-state index in [1.165, 1.54) is 9.15 Å². The molecule has 1 aliphatic rings. The number of hydrogen-bond acceptors (Lipinski definition) is 2. The number of halogens is 1. The molecule has 66 valence electrons. The standard InChI is InChI=1S/C9H13IN2/c1-7-5-9(10)8(2)12(6-7)11(3)4/h5-6H,2H2,1,3-4H3. The molecule has 0 spiro atoms. The van der Waals surface area contributed by atoms with Crippen LogP contribution >= 0.6 is 22.6 Å². The van der Waals surface area contributed by atoms with E-state index in [2.05, 4.69) is 48.4 Å². The van der Waals surface area contributed by atoms with Crippen LogP contribution in [0.1, 0.15) is 6.92 Å². The van der Waals surface area contributed by atoms with E-state index in [-0.39, 0.29) is 0 Å². The van der Waals surface area contributed by atoms with Gasteiger partial charge in [-0.3, -0.25) is 5.01 Å². The van der Waals surface area contributed by atoms with E-state index in [0.29, 0.717) is 0 Å². The fourth-order valence-corrected chi connectivity index (χ4v) is 1.80. The molecule has 3 heteroatoms. The van der Waals surface area contributed by atoms with E-state index in [0.717, 1.165) is 5.70 Å². The maximum atomic E-state index is 4.00. The molecule has 0 aromatic carbocycles. The van der Waals surface area contributed by atoms with E-state index in [1.807, 2.05) is 24.1 Å². The predicted octanol–water partition coefficient (Wildman–Crippen LogP) is 2.52. The van der Waals surface area contributed by atoms with Crippen LogP contribution < -0.4 is 0 Å². The van der Waals surface area contributed by atoms with Crippen LogP contribution in [0.3, 0.4) is 0 Å². The van der Waals surface area contributed by atoms with E-state index >= 15 is 0 Å². The highest BCUT2D eigenvalue weighted by molar-refractivity contribution is 14.1. The molecule has 1 rings (SSSR count). The summed E-state index contributed by atoms with van der Waals surface area (Å²) in [5.74, 6) is 0. The van der Waals surface area contributed by atoms with Crippen LogP contribution in [0.2, 0.25) is 0 Å². The summed E-state index contributed by atoms with van der Waals surface area (Å²) in [6.07, 6.45) is 4.20. The molecular formula is C9H13IN2. The summed E-state index contributed by atoms with van der Waals surface area (Å²) in [6, 6.07) is 0. The average molecular weight is 276 g/mol. The van der Waals surface area contributed by atoms with Gasteiger partial charge in [0.15, 0.2) is 0 Å². The van der Waals surface area contributed by atoms with Crippen LogP contribution in [0, 0.1) is 0 Å². The van der Waals surface area contributed by atoms with Crippen LogP contribution in [0.5, 0.6) is 0 Å². The lowest BCUT2D eigenvalue weighted by Gasteiger charge is -2.31. The summed E-state index contributed by atoms with van der Waals surface area (Å²) >= 11 is 2.30. The van der Waals surface area contributed by atoms with E-state index in [4.69, 9.17) is 0 Å². The topological polar surface area (TPSA) is 6.48 Å². The van der Waals surface area contributed by atoms with Crippen molar-refractivity contribution in [2.24, 2.45) is 0 Å². The molecule has 0 aromatic rings. The summed E-state index contributed by atoms with van der Waals surface area (Å²) in [5, 5.41) is 4.05. The summed E-state index contributed by atoms with van der Waals surface area (Å²) in [5.41, 5.74) is 2.28. The molecule has 2 nitrogen and oxygen atoms in total. The first-order valence-electron chi connectivity index (χ1n) is 3.73. The molecule has 0 radical (unpaired) electrons. The minimum Gasteiger partial charge on any atom is -0.281 e. The highest BCUT2D eigenvalue weighted by Gasteiger charge is 2.14. The molecule has 0 saturated heterocycles. The zero-order chi connectivity index (χ0) is 9.30. The van der Waals surface area contributed by atoms with Crippen molar-refractivity contribution in [1.29, 1.82) is 0 Å². The van der Waals surface area contributed by atoms with Gasteiger partial charge in [0.2, 0.25) is 0 Å². The Morgan fingerprint density at radius 2 is 2.08 bits per heavy atom. The van der Waals surface area contributed by atoms with Crippen LogP contribution in [-0.2, 0) is 0 Å². The van der Waals surface area contributed by atoms with Gasteiger partial charge >= 0.3 is 0 Å². The molecule has 0 aromatic heterocycles. The SMILES string of the molecule is C=C1C(I)=CC(C)=CN1N(C)C. The van der Waals surface area contributed by atoms with Gasteiger partial charge in [-0.05, 0) is 41.2 Å². The van der Waals surface area contributed by atoms with Crippen LogP contribution in [0.25, 0.3) is 0 Å². The maximum absolute atomic E-state index is 4.00.